The molecule has 0 bridgehead atoms. The lowest BCUT2D eigenvalue weighted by Crippen LogP contribution is -2.36. The Kier molecular flexibility index (Phi) is 9.31. The Morgan fingerprint density at radius 2 is 1.85 bits per heavy atom. The van der Waals surface area contributed by atoms with E-state index in [1.54, 1.807) is 6.92 Å². The van der Waals surface area contributed by atoms with E-state index in [1.807, 2.05) is 54.6 Å². The normalized spacial score (nSPS) is 15.4. The van der Waals surface area contributed by atoms with Gasteiger partial charge in [-0.15, -0.1) is 0 Å². The first-order valence-corrected chi connectivity index (χ1v) is 16.4. The minimum Gasteiger partial charge on any atom is -0.493 e. The molecule has 4 N–H and O–H groups in total. The van der Waals surface area contributed by atoms with Crippen LogP contribution < -0.4 is 26.2 Å². The predicted molar refractivity (Wildman–Crippen MR) is 179 cm³/mol. The lowest BCUT2D eigenvalue weighted by atomic mass is 10.0. The number of hydrogen-bond acceptors (Lipinski definition) is 6. The third-order valence-electron chi connectivity index (χ3n) is 8.51. The molecule has 0 spiro atoms. The number of anilines is 1. The number of para-hydroxylation sites is 1. The minimum atomic E-state index is -1.09. The number of rotatable bonds is 13. The van der Waals surface area contributed by atoms with Crippen LogP contribution in [0.25, 0.3) is 5.69 Å². The molecule has 1 unspecified atom stereocenters. The summed E-state index contributed by atoms with van der Waals surface area (Å²) in [6.45, 7) is 1.83. The molecule has 4 aromatic rings. The summed E-state index contributed by atoms with van der Waals surface area (Å²) in [6, 6.07) is 19.7. The van der Waals surface area contributed by atoms with E-state index in [0.29, 0.717) is 36.0 Å². The molecule has 2 saturated carbocycles. The van der Waals surface area contributed by atoms with Crippen molar-refractivity contribution in [3.8, 4) is 11.4 Å². The third kappa shape index (κ3) is 7.65. The quantitative estimate of drug-likeness (QED) is 0.133. The van der Waals surface area contributed by atoms with Crippen molar-refractivity contribution in [2.45, 2.75) is 63.1 Å². The van der Waals surface area contributed by atoms with E-state index in [9.17, 15) is 19.5 Å². The maximum atomic E-state index is 15.1. The summed E-state index contributed by atoms with van der Waals surface area (Å²) < 4.78 is 22.9. The fourth-order valence-electron chi connectivity index (χ4n) is 5.68. The second kappa shape index (κ2) is 13.6. The molecular formula is C35H35BrFN5O5. The van der Waals surface area contributed by atoms with Crippen molar-refractivity contribution in [3.63, 3.8) is 0 Å². The van der Waals surface area contributed by atoms with Crippen molar-refractivity contribution < 1.29 is 23.8 Å². The molecule has 1 aromatic heterocycles. The van der Waals surface area contributed by atoms with Crippen LogP contribution in [0.15, 0.2) is 82.3 Å². The van der Waals surface area contributed by atoms with E-state index in [1.165, 1.54) is 22.9 Å². The number of ether oxygens (including phenoxy) is 1. The van der Waals surface area contributed by atoms with Crippen molar-refractivity contribution in [1.82, 2.24) is 20.2 Å². The smallest absolute Gasteiger partial charge is 0.404 e. The molecule has 0 radical (unpaired) electrons. The third-order valence-corrected chi connectivity index (χ3v) is 8.90. The topological polar surface area (TPSA) is 135 Å². The number of nitrogens with one attached hydrogen (secondary N) is 3. The molecule has 10 nitrogen and oxygen atoms in total. The zero-order chi connectivity index (χ0) is 33.1. The largest absolute Gasteiger partial charge is 0.493 e. The maximum absolute atomic E-state index is 15.1. The van der Waals surface area contributed by atoms with Gasteiger partial charge in [-0.1, -0.05) is 48.5 Å². The van der Waals surface area contributed by atoms with Gasteiger partial charge in [-0.05, 0) is 78.7 Å². The number of halogens is 2. The van der Waals surface area contributed by atoms with Crippen LogP contribution in [0.4, 0.5) is 15.0 Å². The van der Waals surface area contributed by atoms with E-state index >= 15 is 4.39 Å². The number of carbonyl (C=O) groups excluding carboxylic acids is 1. The average molecular weight is 705 g/mol. The molecule has 6 rings (SSSR count). The zero-order valence-electron chi connectivity index (χ0n) is 25.8. The van der Waals surface area contributed by atoms with Gasteiger partial charge < -0.3 is 25.8 Å². The number of benzene rings is 3. The Hall–Kier alpha value is -4.71. The Bertz CT molecular complexity index is 1860. The molecule has 244 valence electrons. The van der Waals surface area contributed by atoms with E-state index in [2.05, 4.69) is 36.9 Å². The number of amides is 2. The van der Waals surface area contributed by atoms with E-state index in [0.717, 1.165) is 24.0 Å². The van der Waals surface area contributed by atoms with Gasteiger partial charge in [-0.25, -0.2) is 14.2 Å². The molecule has 2 aliphatic carbocycles. The summed E-state index contributed by atoms with van der Waals surface area (Å²) in [5.74, 6) is -0.292. The fraction of sp³-hybridized carbons (Fsp3) is 0.314. The molecule has 3 aromatic carbocycles. The van der Waals surface area contributed by atoms with Crippen LogP contribution in [-0.2, 0) is 12.0 Å². The van der Waals surface area contributed by atoms with Gasteiger partial charge in [0.05, 0.1) is 17.8 Å². The standard InChI is InChI=1S/C35H35BrFN5O5/c1-21-27(37)18-23(32(43)38-24-11-12-24)19-28(21)42-20-30(36)40-31(33(42)44)41-35(14-15-35)26-9-5-6-10-29(26)47-16-13-25(39-34(45)46)17-22-7-3-2-4-8-22/h2-10,18-20,24-25,39H,11-17H2,1H3,(H,38,43)(H,40,41)(H,45,46). The second-order valence-electron chi connectivity index (χ2n) is 12.1. The number of carbonyl (C=O) groups is 2. The van der Waals surface area contributed by atoms with E-state index < -0.39 is 23.0 Å². The molecule has 2 amide bonds. The van der Waals surface area contributed by atoms with Crippen molar-refractivity contribution in [2.75, 3.05) is 11.9 Å². The molecule has 2 fully saturated rings. The van der Waals surface area contributed by atoms with Crippen molar-refractivity contribution >= 4 is 33.7 Å². The van der Waals surface area contributed by atoms with Crippen LogP contribution >= 0.6 is 15.9 Å². The Morgan fingerprint density at radius 1 is 1.13 bits per heavy atom. The van der Waals surface area contributed by atoms with Crippen LogP contribution in [-0.4, -0.2) is 45.3 Å². The van der Waals surface area contributed by atoms with Gasteiger partial charge in [0.2, 0.25) is 0 Å². The van der Waals surface area contributed by atoms with Crippen molar-refractivity contribution in [2.24, 2.45) is 0 Å². The predicted octanol–water partition coefficient (Wildman–Crippen LogP) is 6.08. The first-order valence-electron chi connectivity index (χ1n) is 15.6. The summed E-state index contributed by atoms with van der Waals surface area (Å²) in [5.41, 5.74) is 1.35. The highest BCUT2D eigenvalue weighted by atomic mass is 79.9. The second-order valence-corrected chi connectivity index (χ2v) is 12.9. The number of aromatic nitrogens is 2. The number of nitrogens with zero attached hydrogens (tertiary/aromatic N) is 2. The molecular weight excluding hydrogens is 669 g/mol. The Morgan fingerprint density at radius 3 is 2.55 bits per heavy atom. The lowest BCUT2D eigenvalue weighted by Gasteiger charge is -2.23. The molecule has 1 atom stereocenters. The van der Waals surface area contributed by atoms with E-state index in [-0.39, 0.29) is 47.2 Å². The SMILES string of the molecule is Cc1c(F)cc(C(=O)NC2CC2)cc1-n1cc(Br)nc(NC2(c3ccccc3OCCC(Cc3ccccc3)NC(=O)O)CC2)c1=O. The van der Waals surface area contributed by atoms with Crippen LogP contribution in [0.2, 0.25) is 0 Å². The van der Waals surface area contributed by atoms with Gasteiger partial charge in [0.15, 0.2) is 5.82 Å². The summed E-state index contributed by atoms with van der Waals surface area (Å²) in [7, 11) is 0. The Balaban J connectivity index is 1.22. The van der Waals surface area contributed by atoms with Crippen molar-refractivity contribution in [3.05, 3.63) is 116 Å². The van der Waals surface area contributed by atoms with Gasteiger partial charge in [-0.2, -0.15) is 0 Å². The number of carboxylic acid groups (broad SMARTS) is 1. The maximum Gasteiger partial charge on any atom is 0.404 e. The summed E-state index contributed by atoms with van der Waals surface area (Å²) >= 11 is 3.41. The monoisotopic (exact) mass is 703 g/mol. The van der Waals surface area contributed by atoms with Crippen LogP contribution in [0.1, 0.15) is 59.2 Å². The molecule has 47 heavy (non-hydrogen) atoms. The Labute approximate surface area is 279 Å². The minimum absolute atomic E-state index is 0.0629. The highest BCUT2D eigenvalue weighted by Crippen LogP contribution is 2.51. The van der Waals surface area contributed by atoms with Crippen LogP contribution in [0, 0.1) is 12.7 Å². The summed E-state index contributed by atoms with van der Waals surface area (Å²) in [6.07, 6.45) is 4.56. The van der Waals surface area contributed by atoms with Gasteiger partial charge in [0.25, 0.3) is 11.5 Å². The molecule has 12 heteroatoms. The zero-order valence-corrected chi connectivity index (χ0v) is 27.3. The van der Waals surface area contributed by atoms with Gasteiger partial charge in [0, 0.05) is 41.4 Å². The van der Waals surface area contributed by atoms with Crippen LogP contribution in [0.3, 0.4) is 0 Å². The average Bonchev–Trinajstić information content (AvgIpc) is 3.99. The van der Waals surface area contributed by atoms with Gasteiger partial charge in [-0.3, -0.25) is 14.2 Å². The lowest BCUT2D eigenvalue weighted by molar-refractivity contribution is 0.0950. The van der Waals surface area contributed by atoms with Gasteiger partial charge in [0.1, 0.15) is 16.2 Å². The number of hydrogen-bond donors (Lipinski definition) is 4. The summed E-state index contributed by atoms with van der Waals surface area (Å²) in [5, 5.41) is 18.2. The molecule has 2 aliphatic rings. The van der Waals surface area contributed by atoms with E-state index in [4.69, 9.17) is 4.74 Å². The molecule has 1 heterocycles. The molecule has 0 aliphatic heterocycles. The first-order chi connectivity index (χ1) is 22.6. The summed E-state index contributed by atoms with van der Waals surface area (Å²) in [4.78, 5) is 42.5. The highest BCUT2D eigenvalue weighted by molar-refractivity contribution is 9.10. The highest BCUT2D eigenvalue weighted by Gasteiger charge is 2.47. The first kappa shape index (κ1) is 32.2. The van der Waals surface area contributed by atoms with Crippen molar-refractivity contribution in [1.29, 1.82) is 0 Å². The van der Waals surface area contributed by atoms with Gasteiger partial charge >= 0.3 is 6.09 Å². The molecule has 0 saturated heterocycles. The fourth-order valence-corrected chi connectivity index (χ4v) is 6.06. The van der Waals surface area contributed by atoms with Crippen LogP contribution in [0.5, 0.6) is 5.75 Å².